The number of hydrogen-bond donors (Lipinski definition) is 0. The molecule has 2 heteroatoms. The fraction of sp³-hybridized carbons (Fsp3) is 0.100. The Balaban J connectivity index is 3.24. The third-order valence-electron chi connectivity index (χ3n) is 1.41. The molecule has 0 radical (unpaired) electrons. The van der Waals surface area contributed by atoms with E-state index in [0.29, 0.717) is 0 Å². The molecule has 1 aromatic heterocycles. The Bertz CT molecular complexity index is 384. The van der Waals surface area contributed by atoms with E-state index in [1.807, 2.05) is 36.6 Å². The standard InChI is InChI=1S/C10H10OS/c1-2-3-4-9-6-8-12-10(9)5-7-11/h2-8H,1H3/b3-2-,9-4-,10-5-. The minimum Gasteiger partial charge on any atom is -0.299 e. The van der Waals surface area contributed by atoms with Crippen LogP contribution in [0.15, 0.2) is 23.6 Å². The van der Waals surface area contributed by atoms with Crippen LogP contribution in [-0.2, 0) is 4.79 Å². The number of aldehydes is 1. The number of thiophene rings is 1. The van der Waals surface area contributed by atoms with Gasteiger partial charge in [-0.2, -0.15) is 0 Å². The van der Waals surface area contributed by atoms with Crippen molar-refractivity contribution in [1.82, 2.24) is 0 Å². The zero-order chi connectivity index (χ0) is 8.81. The van der Waals surface area contributed by atoms with Gasteiger partial charge in [0, 0.05) is 4.53 Å². The maximum absolute atomic E-state index is 10.2. The van der Waals surface area contributed by atoms with Gasteiger partial charge >= 0.3 is 0 Å². The SMILES string of the molecule is C\C=C/C=c1/ccs/c1=C\C=O. The average molecular weight is 178 g/mol. The van der Waals surface area contributed by atoms with E-state index in [9.17, 15) is 4.79 Å². The third-order valence-corrected chi connectivity index (χ3v) is 2.31. The zero-order valence-electron chi connectivity index (χ0n) is 6.86. The maximum atomic E-state index is 10.2. The minimum atomic E-state index is 0.818. The van der Waals surface area contributed by atoms with Crippen molar-refractivity contribution >= 4 is 29.8 Å². The predicted molar refractivity (Wildman–Crippen MR) is 53.4 cm³/mol. The minimum absolute atomic E-state index is 0.818. The Labute approximate surface area is 75.4 Å². The van der Waals surface area contributed by atoms with Crippen molar-refractivity contribution in [2.75, 3.05) is 0 Å². The highest BCUT2D eigenvalue weighted by Gasteiger charge is 1.83. The van der Waals surface area contributed by atoms with Gasteiger partial charge < -0.3 is 0 Å². The van der Waals surface area contributed by atoms with Crippen LogP contribution in [0.3, 0.4) is 0 Å². The van der Waals surface area contributed by atoms with Crippen LogP contribution in [0.4, 0.5) is 0 Å². The lowest BCUT2D eigenvalue weighted by molar-refractivity contribution is -0.103. The summed E-state index contributed by atoms with van der Waals surface area (Å²) in [5, 5.41) is 3.08. The molecule has 1 rings (SSSR count). The Hall–Kier alpha value is -1.15. The third kappa shape index (κ3) is 2.17. The van der Waals surface area contributed by atoms with Gasteiger partial charge in [0.15, 0.2) is 0 Å². The predicted octanol–water partition coefficient (Wildman–Crippen LogP) is 1.08. The average Bonchev–Trinajstić information content (AvgIpc) is 2.50. The van der Waals surface area contributed by atoms with E-state index < -0.39 is 0 Å². The number of carbonyl (C=O) groups is 1. The summed E-state index contributed by atoms with van der Waals surface area (Å²) in [6, 6.07) is 2.00. The lowest BCUT2D eigenvalue weighted by Gasteiger charge is -1.74. The van der Waals surface area contributed by atoms with Crippen molar-refractivity contribution in [3.63, 3.8) is 0 Å². The second kappa shape index (κ2) is 4.67. The summed E-state index contributed by atoms with van der Waals surface area (Å²) >= 11 is 1.57. The molecule has 0 fully saturated rings. The van der Waals surface area contributed by atoms with Gasteiger partial charge in [0.2, 0.25) is 0 Å². The van der Waals surface area contributed by atoms with Gasteiger partial charge in [0.05, 0.1) is 0 Å². The van der Waals surface area contributed by atoms with Gasteiger partial charge in [0.25, 0.3) is 0 Å². The van der Waals surface area contributed by atoms with Gasteiger partial charge in [-0.3, -0.25) is 4.79 Å². The van der Waals surface area contributed by atoms with Crippen molar-refractivity contribution in [2.24, 2.45) is 0 Å². The molecule has 0 aliphatic heterocycles. The highest BCUT2D eigenvalue weighted by Crippen LogP contribution is 1.81. The Morgan fingerprint density at radius 2 is 2.25 bits per heavy atom. The van der Waals surface area contributed by atoms with Crippen LogP contribution in [0.1, 0.15) is 6.92 Å². The normalized spacial score (nSPS) is 14.4. The molecule has 0 atom stereocenters. The van der Waals surface area contributed by atoms with Gasteiger partial charge in [-0.05, 0) is 29.7 Å². The highest BCUT2D eigenvalue weighted by atomic mass is 32.1. The van der Waals surface area contributed by atoms with Crippen molar-refractivity contribution < 1.29 is 4.79 Å². The molecule has 1 nitrogen and oxygen atoms in total. The summed E-state index contributed by atoms with van der Waals surface area (Å²) in [5.41, 5.74) is 0. The lowest BCUT2D eigenvalue weighted by Crippen LogP contribution is -2.16. The van der Waals surface area contributed by atoms with Crippen LogP contribution < -0.4 is 9.75 Å². The molecule has 0 bridgehead atoms. The smallest absolute Gasteiger partial charge is 0.144 e. The molecule has 0 aromatic carbocycles. The van der Waals surface area contributed by atoms with E-state index in [4.69, 9.17) is 0 Å². The first-order valence-corrected chi connectivity index (χ1v) is 4.58. The molecule has 1 aromatic rings. The van der Waals surface area contributed by atoms with Crippen LogP contribution in [0, 0.1) is 0 Å². The molecule has 12 heavy (non-hydrogen) atoms. The van der Waals surface area contributed by atoms with Gasteiger partial charge in [-0.15, -0.1) is 11.3 Å². The molecular formula is C10H10OS. The number of hydrogen-bond acceptors (Lipinski definition) is 2. The quantitative estimate of drug-likeness (QED) is 0.619. The molecule has 0 spiro atoms. The molecule has 0 unspecified atom stereocenters. The molecule has 0 aliphatic rings. The monoisotopic (exact) mass is 178 g/mol. The van der Waals surface area contributed by atoms with Gasteiger partial charge in [-0.1, -0.05) is 18.2 Å². The van der Waals surface area contributed by atoms with Crippen molar-refractivity contribution in [2.45, 2.75) is 6.92 Å². The van der Waals surface area contributed by atoms with Gasteiger partial charge in [-0.25, -0.2) is 0 Å². The molecule has 0 saturated heterocycles. The van der Waals surface area contributed by atoms with Crippen LogP contribution >= 0.6 is 11.3 Å². The molecule has 0 amide bonds. The molecule has 1 heterocycles. The largest absolute Gasteiger partial charge is 0.299 e. The van der Waals surface area contributed by atoms with Crippen LogP contribution in [0.2, 0.25) is 0 Å². The Morgan fingerprint density at radius 1 is 1.42 bits per heavy atom. The summed E-state index contributed by atoms with van der Waals surface area (Å²) < 4.78 is 1.02. The second-order valence-corrected chi connectivity index (χ2v) is 3.18. The summed E-state index contributed by atoms with van der Waals surface area (Å²) in [7, 11) is 0. The number of rotatable bonds is 2. The first-order valence-electron chi connectivity index (χ1n) is 3.70. The fourth-order valence-electron chi connectivity index (χ4n) is 0.866. The zero-order valence-corrected chi connectivity index (χ0v) is 7.67. The van der Waals surface area contributed by atoms with Crippen molar-refractivity contribution in [1.29, 1.82) is 0 Å². The molecule has 62 valence electrons. The van der Waals surface area contributed by atoms with Gasteiger partial charge in [0.1, 0.15) is 6.29 Å². The molecule has 0 saturated carbocycles. The van der Waals surface area contributed by atoms with E-state index in [2.05, 4.69) is 0 Å². The summed E-state index contributed by atoms with van der Waals surface area (Å²) in [4.78, 5) is 10.2. The van der Waals surface area contributed by atoms with Crippen LogP contribution in [0.5, 0.6) is 0 Å². The number of allylic oxidation sites excluding steroid dienone is 2. The van der Waals surface area contributed by atoms with E-state index in [0.717, 1.165) is 16.0 Å². The highest BCUT2D eigenvalue weighted by molar-refractivity contribution is 7.07. The van der Waals surface area contributed by atoms with E-state index in [1.165, 1.54) is 0 Å². The molecular weight excluding hydrogens is 168 g/mol. The second-order valence-electron chi connectivity index (χ2n) is 2.24. The summed E-state index contributed by atoms with van der Waals surface area (Å²) in [6.45, 7) is 1.96. The first kappa shape index (κ1) is 8.94. The lowest BCUT2D eigenvalue weighted by atomic mass is 10.3. The van der Waals surface area contributed by atoms with Crippen LogP contribution in [0.25, 0.3) is 12.2 Å². The van der Waals surface area contributed by atoms with Crippen molar-refractivity contribution in [3.05, 3.63) is 33.3 Å². The summed E-state index contributed by atoms with van der Waals surface area (Å²) in [5.74, 6) is 0. The van der Waals surface area contributed by atoms with E-state index in [1.54, 1.807) is 17.4 Å². The maximum Gasteiger partial charge on any atom is 0.144 e. The fourth-order valence-corrected chi connectivity index (χ4v) is 1.63. The topological polar surface area (TPSA) is 17.1 Å². The Morgan fingerprint density at radius 3 is 2.92 bits per heavy atom. The van der Waals surface area contributed by atoms with E-state index in [-0.39, 0.29) is 0 Å². The first-order chi connectivity index (χ1) is 5.88. The number of carbonyl (C=O) groups excluding carboxylic acids is 1. The molecule has 0 N–H and O–H groups in total. The van der Waals surface area contributed by atoms with Crippen LogP contribution in [-0.4, -0.2) is 6.29 Å². The summed E-state index contributed by atoms with van der Waals surface area (Å²) in [6.07, 6.45) is 8.32. The Kier molecular flexibility index (Phi) is 3.48. The van der Waals surface area contributed by atoms with E-state index >= 15 is 0 Å². The van der Waals surface area contributed by atoms with Crippen molar-refractivity contribution in [3.8, 4) is 0 Å². The molecule has 0 aliphatic carbocycles.